The average Bonchev–Trinajstić information content (AvgIpc) is 3.04. The van der Waals surface area contributed by atoms with Crippen molar-refractivity contribution >= 4 is 23.6 Å². The first-order chi connectivity index (χ1) is 9.97. The van der Waals surface area contributed by atoms with Crippen LogP contribution in [0.3, 0.4) is 0 Å². The van der Waals surface area contributed by atoms with Gasteiger partial charge in [-0.05, 0) is 33.1 Å². The Balaban J connectivity index is 1.78. The zero-order valence-electron chi connectivity index (χ0n) is 12.2. The van der Waals surface area contributed by atoms with Gasteiger partial charge in [-0.3, -0.25) is 9.59 Å². The molecule has 7 nitrogen and oxygen atoms in total. The minimum absolute atomic E-state index is 0.0258. The van der Waals surface area contributed by atoms with Crippen LogP contribution in [0.5, 0.6) is 0 Å². The Bertz CT molecular complexity index is 517. The van der Waals surface area contributed by atoms with Crippen molar-refractivity contribution in [2.45, 2.75) is 50.4 Å². The number of thioether (sulfide) groups is 1. The van der Waals surface area contributed by atoms with Crippen LogP contribution in [0.1, 0.15) is 39.2 Å². The highest BCUT2D eigenvalue weighted by Gasteiger charge is 2.30. The molecule has 1 aliphatic carbocycles. The summed E-state index contributed by atoms with van der Waals surface area (Å²) >= 11 is 1.34. The first kappa shape index (κ1) is 15.8. The summed E-state index contributed by atoms with van der Waals surface area (Å²) in [5.74, 6) is -0.924. The van der Waals surface area contributed by atoms with Gasteiger partial charge in [0.1, 0.15) is 6.33 Å². The lowest BCUT2D eigenvalue weighted by molar-refractivity contribution is -0.141. The molecule has 21 heavy (non-hydrogen) atoms. The molecule has 1 aliphatic rings. The van der Waals surface area contributed by atoms with Gasteiger partial charge in [0.25, 0.3) is 0 Å². The fraction of sp³-hybridized carbons (Fsp3) is 0.692. The van der Waals surface area contributed by atoms with Gasteiger partial charge in [0.15, 0.2) is 5.16 Å². The molecule has 1 aromatic rings. The molecule has 1 saturated carbocycles. The maximum atomic E-state index is 11.9. The Morgan fingerprint density at radius 1 is 1.52 bits per heavy atom. The fourth-order valence-electron chi connectivity index (χ4n) is 2.43. The second kappa shape index (κ2) is 6.93. The van der Waals surface area contributed by atoms with Crippen LogP contribution in [0.4, 0.5) is 0 Å². The summed E-state index contributed by atoms with van der Waals surface area (Å²) in [7, 11) is 0. The second-order valence-electron chi connectivity index (χ2n) is 5.52. The smallest absolute Gasteiger partial charge is 0.306 e. The van der Waals surface area contributed by atoms with Crippen LogP contribution >= 0.6 is 11.8 Å². The standard InChI is InChI=1S/C13H20N4O3S/c1-8(2)17-7-14-16-13(17)21-6-11(18)15-10-4-3-9(5-10)12(19)20/h7-10H,3-6H2,1-2H3,(H,15,18)(H,19,20). The molecular weight excluding hydrogens is 292 g/mol. The van der Waals surface area contributed by atoms with Crippen molar-refractivity contribution in [2.75, 3.05) is 5.75 Å². The van der Waals surface area contributed by atoms with E-state index in [9.17, 15) is 9.59 Å². The molecule has 2 N–H and O–H groups in total. The summed E-state index contributed by atoms with van der Waals surface area (Å²) in [4.78, 5) is 22.8. The van der Waals surface area contributed by atoms with Crippen molar-refractivity contribution in [1.29, 1.82) is 0 Å². The van der Waals surface area contributed by atoms with Crippen LogP contribution in [-0.2, 0) is 9.59 Å². The zero-order valence-corrected chi connectivity index (χ0v) is 13.0. The highest BCUT2D eigenvalue weighted by molar-refractivity contribution is 7.99. The van der Waals surface area contributed by atoms with Gasteiger partial charge in [0.2, 0.25) is 5.91 Å². The molecule has 2 atom stereocenters. The molecule has 2 unspecified atom stereocenters. The van der Waals surface area contributed by atoms with E-state index in [0.717, 1.165) is 11.6 Å². The quantitative estimate of drug-likeness (QED) is 0.769. The van der Waals surface area contributed by atoms with Crippen molar-refractivity contribution in [2.24, 2.45) is 5.92 Å². The minimum atomic E-state index is -0.772. The summed E-state index contributed by atoms with van der Waals surface area (Å²) in [5.41, 5.74) is 0. The molecule has 1 aromatic heterocycles. The number of carboxylic acids is 1. The van der Waals surface area contributed by atoms with Crippen LogP contribution in [0.2, 0.25) is 0 Å². The van der Waals surface area contributed by atoms with Crippen LogP contribution < -0.4 is 5.32 Å². The van der Waals surface area contributed by atoms with Gasteiger partial charge < -0.3 is 15.0 Å². The van der Waals surface area contributed by atoms with E-state index in [1.165, 1.54) is 11.8 Å². The van der Waals surface area contributed by atoms with Crippen molar-refractivity contribution < 1.29 is 14.7 Å². The first-order valence-electron chi connectivity index (χ1n) is 7.02. The number of nitrogens with zero attached hydrogens (tertiary/aromatic N) is 3. The van der Waals surface area contributed by atoms with E-state index < -0.39 is 5.97 Å². The van der Waals surface area contributed by atoms with E-state index in [2.05, 4.69) is 15.5 Å². The maximum Gasteiger partial charge on any atom is 0.306 e. The summed E-state index contributed by atoms with van der Waals surface area (Å²) < 4.78 is 1.91. The molecule has 1 amide bonds. The fourth-order valence-corrected chi connectivity index (χ4v) is 3.28. The lowest BCUT2D eigenvalue weighted by Crippen LogP contribution is -2.34. The molecule has 2 rings (SSSR count). The van der Waals surface area contributed by atoms with Crippen molar-refractivity contribution in [3.8, 4) is 0 Å². The number of amides is 1. The molecule has 0 spiro atoms. The van der Waals surface area contributed by atoms with Gasteiger partial charge in [-0.25, -0.2) is 0 Å². The van der Waals surface area contributed by atoms with Crippen LogP contribution in [-0.4, -0.2) is 43.5 Å². The van der Waals surface area contributed by atoms with Crippen LogP contribution in [0.25, 0.3) is 0 Å². The lowest BCUT2D eigenvalue weighted by Gasteiger charge is -2.13. The molecule has 0 saturated heterocycles. The number of hydrogen-bond donors (Lipinski definition) is 2. The number of carboxylic acid groups (broad SMARTS) is 1. The Kier molecular flexibility index (Phi) is 5.22. The molecule has 8 heteroatoms. The summed E-state index contributed by atoms with van der Waals surface area (Å²) in [6, 6.07) is 0.221. The molecule has 1 fully saturated rings. The number of aromatic nitrogens is 3. The summed E-state index contributed by atoms with van der Waals surface area (Å²) in [6.45, 7) is 4.05. The predicted molar refractivity (Wildman–Crippen MR) is 78.0 cm³/mol. The maximum absolute atomic E-state index is 11.9. The summed E-state index contributed by atoms with van der Waals surface area (Å²) in [6.07, 6.45) is 3.54. The molecule has 0 aliphatic heterocycles. The van der Waals surface area contributed by atoms with E-state index in [4.69, 9.17) is 5.11 Å². The molecule has 0 radical (unpaired) electrons. The molecule has 1 heterocycles. The van der Waals surface area contributed by atoms with Crippen molar-refractivity contribution in [1.82, 2.24) is 20.1 Å². The number of carbonyl (C=O) groups is 2. The Hall–Kier alpha value is -1.57. The number of nitrogens with one attached hydrogen (secondary N) is 1. The molecular formula is C13H20N4O3S. The number of aliphatic carboxylic acids is 1. The molecule has 116 valence electrons. The third-order valence-corrected chi connectivity index (χ3v) is 4.53. The molecule has 0 bridgehead atoms. The van der Waals surface area contributed by atoms with Crippen LogP contribution in [0.15, 0.2) is 11.5 Å². The molecule has 0 aromatic carbocycles. The van der Waals surface area contributed by atoms with E-state index in [1.54, 1.807) is 6.33 Å². The van der Waals surface area contributed by atoms with Crippen molar-refractivity contribution in [3.63, 3.8) is 0 Å². The first-order valence-corrected chi connectivity index (χ1v) is 8.00. The van der Waals surface area contributed by atoms with Gasteiger partial charge in [-0.1, -0.05) is 11.8 Å². The predicted octanol–water partition coefficient (Wildman–Crippen LogP) is 1.32. The normalized spacial score (nSPS) is 21.7. The third kappa shape index (κ3) is 4.20. The van der Waals surface area contributed by atoms with Gasteiger partial charge in [-0.2, -0.15) is 0 Å². The second-order valence-corrected chi connectivity index (χ2v) is 6.46. The van der Waals surface area contributed by atoms with E-state index >= 15 is 0 Å². The van der Waals surface area contributed by atoms with Gasteiger partial charge >= 0.3 is 5.97 Å². The van der Waals surface area contributed by atoms with Crippen LogP contribution in [0, 0.1) is 5.92 Å². The summed E-state index contributed by atoms with van der Waals surface area (Å²) in [5, 5.41) is 20.4. The van der Waals surface area contributed by atoms with Gasteiger partial charge in [0, 0.05) is 12.1 Å². The topological polar surface area (TPSA) is 97.1 Å². The largest absolute Gasteiger partial charge is 0.481 e. The average molecular weight is 312 g/mol. The van der Waals surface area contributed by atoms with Gasteiger partial charge in [-0.15, -0.1) is 10.2 Å². The SMILES string of the molecule is CC(C)n1cnnc1SCC(=O)NC1CCC(C(=O)O)C1. The van der Waals surface area contributed by atoms with E-state index in [-0.39, 0.29) is 29.7 Å². The van der Waals surface area contributed by atoms with E-state index in [1.807, 2.05) is 18.4 Å². The number of hydrogen-bond acceptors (Lipinski definition) is 5. The Morgan fingerprint density at radius 3 is 2.90 bits per heavy atom. The highest BCUT2D eigenvalue weighted by atomic mass is 32.2. The Morgan fingerprint density at radius 2 is 2.29 bits per heavy atom. The highest BCUT2D eigenvalue weighted by Crippen LogP contribution is 2.26. The Labute approximate surface area is 127 Å². The third-order valence-electron chi connectivity index (χ3n) is 3.58. The number of carbonyl (C=O) groups excluding carboxylic acids is 1. The van der Waals surface area contributed by atoms with Crippen molar-refractivity contribution in [3.05, 3.63) is 6.33 Å². The lowest BCUT2D eigenvalue weighted by atomic mass is 10.1. The number of rotatable bonds is 6. The monoisotopic (exact) mass is 312 g/mol. The zero-order chi connectivity index (χ0) is 15.4. The minimum Gasteiger partial charge on any atom is -0.481 e. The van der Waals surface area contributed by atoms with Gasteiger partial charge in [0.05, 0.1) is 11.7 Å². The van der Waals surface area contributed by atoms with E-state index in [0.29, 0.717) is 12.8 Å².